The maximum absolute atomic E-state index is 13.5. The number of nitrogens with zero attached hydrogens (tertiary/aromatic N) is 2. The van der Waals surface area contributed by atoms with Crippen LogP contribution in [-0.4, -0.2) is 31.1 Å². The van der Waals surface area contributed by atoms with Gasteiger partial charge in [-0.25, -0.2) is 4.39 Å². The lowest BCUT2D eigenvalue weighted by atomic mass is 10.1. The number of rotatable bonds is 3. The van der Waals surface area contributed by atoms with Gasteiger partial charge in [0, 0.05) is 25.2 Å². The van der Waals surface area contributed by atoms with E-state index in [-0.39, 0.29) is 34.8 Å². The molecule has 0 N–H and O–H groups in total. The van der Waals surface area contributed by atoms with Gasteiger partial charge in [-0.2, -0.15) is 0 Å². The Morgan fingerprint density at radius 3 is 2.90 bits per heavy atom. The Hall–Kier alpha value is -1.89. The Bertz CT molecular complexity index is 567. The van der Waals surface area contributed by atoms with Crippen molar-refractivity contribution < 1.29 is 18.8 Å². The summed E-state index contributed by atoms with van der Waals surface area (Å²) in [5.74, 6) is -1.46. The normalized spacial score (nSPS) is 18.1. The fraction of sp³-hybridized carbons (Fsp3) is 0.417. The van der Waals surface area contributed by atoms with Gasteiger partial charge in [-0.05, 0) is 6.42 Å². The lowest BCUT2D eigenvalue weighted by Crippen LogP contribution is -2.24. The predicted molar refractivity (Wildman–Crippen MR) is 70.4 cm³/mol. The molecule has 0 radical (unpaired) electrons. The molecule has 0 saturated carbocycles. The van der Waals surface area contributed by atoms with Gasteiger partial charge in [0.05, 0.1) is 23.0 Å². The minimum atomic E-state index is -0.728. The Morgan fingerprint density at radius 2 is 2.30 bits per heavy atom. The largest absolute Gasteiger partial charge is 0.469 e. The number of methoxy groups -OCH3 is 1. The first-order valence-electron chi connectivity index (χ1n) is 5.90. The van der Waals surface area contributed by atoms with Crippen LogP contribution in [0, 0.1) is 21.8 Å². The third-order valence-corrected chi connectivity index (χ3v) is 3.57. The molecule has 1 aliphatic rings. The Labute approximate surface area is 119 Å². The summed E-state index contributed by atoms with van der Waals surface area (Å²) in [5, 5.41) is 10.7. The van der Waals surface area contributed by atoms with E-state index in [0.29, 0.717) is 13.0 Å². The SMILES string of the molecule is COC(=O)C1CCN(c2cc(F)c(Cl)cc2[N+](=O)[O-])C1. The zero-order valence-corrected chi connectivity index (χ0v) is 11.4. The highest BCUT2D eigenvalue weighted by Gasteiger charge is 2.32. The molecule has 1 aromatic rings. The number of ether oxygens (including phenoxy) is 1. The number of nitro groups is 1. The average molecular weight is 303 g/mol. The number of carbonyl (C=O) groups is 1. The lowest BCUT2D eigenvalue weighted by Gasteiger charge is -2.18. The van der Waals surface area contributed by atoms with Crippen LogP contribution in [0.3, 0.4) is 0 Å². The van der Waals surface area contributed by atoms with Gasteiger partial charge in [0.25, 0.3) is 5.69 Å². The molecule has 0 amide bonds. The van der Waals surface area contributed by atoms with E-state index in [9.17, 15) is 19.3 Å². The molecule has 1 fully saturated rings. The average Bonchev–Trinajstić information content (AvgIpc) is 2.89. The number of hydrogen-bond acceptors (Lipinski definition) is 5. The summed E-state index contributed by atoms with van der Waals surface area (Å²) >= 11 is 5.57. The second-order valence-electron chi connectivity index (χ2n) is 4.47. The van der Waals surface area contributed by atoms with Crippen molar-refractivity contribution in [3.8, 4) is 0 Å². The highest BCUT2D eigenvalue weighted by atomic mass is 35.5. The van der Waals surface area contributed by atoms with Crippen LogP contribution in [0.1, 0.15) is 6.42 Å². The van der Waals surface area contributed by atoms with E-state index in [4.69, 9.17) is 11.6 Å². The van der Waals surface area contributed by atoms with Gasteiger partial charge in [0.1, 0.15) is 11.5 Å². The van der Waals surface area contributed by atoms with Crippen molar-refractivity contribution in [1.82, 2.24) is 0 Å². The quantitative estimate of drug-likeness (QED) is 0.487. The van der Waals surface area contributed by atoms with Crippen LogP contribution in [0.4, 0.5) is 15.8 Å². The van der Waals surface area contributed by atoms with E-state index in [0.717, 1.165) is 12.1 Å². The van der Waals surface area contributed by atoms with Crippen LogP contribution in [0.25, 0.3) is 0 Å². The van der Waals surface area contributed by atoms with Crippen LogP contribution in [0.5, 0.6) is 0 Å². The summed E-state index contributed by atoms with van der Waals surface area (Å²) < 4.78 is 18.2. The van der Waals surface area contributed by atoms with E-state index < -0.39 is 10.7 Å². The fourth-order valence-electron chi connectivity index (χ4n) is 2.26. The van der Waals surface area contributed by atoms with Gasteiger partial charge in [-0.1, -0.05) is 11.6 Å². The molecule has 1 aromatic carbocycles. The summed E-state index contributed by atoms with van der Waals surface area (Å²) in [6.07, 6.45) is 0.508. The first-order valence-corrected chi connectivity index (χ1v) is 6.28. The first kappa shape index (κ1) is 14.5. The summed E-state index contributed by atoms with van der Waals surface area (Å²) in [7, 11) is 1.29. The number of esters is 1. The molecule has 2 rings (SSSR count). The zero-order valence-electron chi connectivity index (χ0n) is 10.6. The van der Waals surface area contributed by atoms with Crippen LogP contribution in [0.2, 0.25) is 5.02 Å². The number of nitro benzene ring substituents is 1. The van der Waals surface area contributed by atoms with Gasteiger partial charge in [0.15, 0.2) is 0 Å². The van der Waals surface area contributed by atoms with Gasteiger partial charge < -0.3 is 9.64 Å². The molecule has 1 aliphatic heterocycles. The highest BCUT2D eigenvalue weighted by Crippen LogP contribution is 2.36. The molecule has 0 spiro atoms. The summed E-state index contributed by atoms with van der Waals surface area (Å²) in [5.41, 5.74) is -0.148. The molecule has 0 aromatic heterocycles. The van der Waals surface area contributed by atoms with Gasteiger partial charge in [0.2, 0.25) is 0 Å². The predicted octanol–water partition coefficient (Wildman–Crippen LogP) is 2.39. The molecule has 0 aliphatic carbocycles. The second-order valence-corrected chi connectivity index (χ2v) is 4.87. The Morgan fingerprint density at radius 1 is 1.60 bits per heavy atom. The third-order valence-electron chi connectivity index (χ3n) is 3.28. The monoisotopic (exact) mass is 302 g/mol. The molecule has 108 valence electrons. The van der Waals surface area contributed by atoms with Crippen molar-refractivity contribution in [2.75, 3.05) is 25.1 Å². The van der Waals surface area contributed by atoms with Crippen molar-refractivity contribution in [2.45, 2.75) is 6.42 Å². The first-order chi connectivity index (χ1) is 9.43. The standard InChI is InChI=1S/C12H12ClFN2O4/c1-20-12(17)7-2-3-15(6-7)10-5-9(14)8(13)4-11(10)16(18)19/h4-5,7H,2-3,6H2,1H3. The maximum atomic E-state index is 13.5. The maximum Gasteiger partial charge on any atom is 0.310 e. The molecular weight excluding hydrogens is 291 g/mol. The minimum absolute atomic E-state index is 0.128. The van der Waals surface area contributed by atoms with Crippen molar-refractivity contribution in [3.63, 3.8) is 0 Å². The van der Waals surface area contributed by atoms with Gasteiger partial charge in [-0.3, -0.25) is 14.9 Å². The highest BCUT2D eigenvalue weighted by molar-refractivity contribution is 6.31. The number of anilines is 1. The Kier molecular flexibility index (Phi) is 4.08. The molecule has 20 heavy (non-hydrogen) atoms. The third kappa shape index (κ3) is 2.67. The van der Waals surface area contributed by atoms with Crippen LogP contribution >= 0.6 is 11.6 Å². The summed E-state index contributed by atoms with van der Waals surface area (Å²) in [6, 6.07) is 2.01. The van der Waals surface area contributed by atoms with E-state index in [2.05, 4.69) is 4.74 Å². The number of carbonyl (C=O) groups excluding carboxylic acids is 1. The van der Waals surface area contributed by atoms with Gasteiger partial charge >= 0.3 is 5.97 Å². The van der Waals surface area contributed by atoms with Gasteiger partial charge in [-0.15, -0.1) is 0 Å². The molecule has 1 unspecified atom stereocenters. The van der Waals surface area contributed by atoms with E-state index in [1.807, 2.05) is 0 Å². The van der Waals surface area contributed by atoms with Crippen molar-refractivity contribution >= 4 is 28.9 Å². The van der Waals surface area contributed by atoms with Crippen LogP contribution < -0.4 is 4.90 Å². The second kappa shape index (κ2) is 5.62. The number of halogens is 2. The fourth-order valence-corrected chi connectivity index (χ4v) is 2.42. The molecule has 8 heteroatoms. The molecular formula is C12H12ClFN2O4. The van der Waals surface area contributed by atoms with Crippen molar-refractivity contribution in [1.29, 1.82) is 0 Å². The smallest absolute Gasteiger partial charge is 0.310 e. The van der Waals surface area contributed by atoms with E-state index in [1.165, 1.54) is 7.11 Å². The zero-order chi connectivity index (χ0) is 14.9. The molecule has 1 saturated heterocycles. The summed E-state index contributed by atoms with van der Waals surface area (Å²) in [6.45, 7) is 0.677. The molecule has 1 atom stereocenters. The number of benzene rings is 1. The topological polar surface area (TPSA) is 72.7 Å². The molecule has 0 bridgehead atoms. The van der Waals surface area contributed by atoms with E-state index >= 15 is 0 Å². The van der Waals surface area contributed by atoms with Crippen LogP contribution in [0.15, 0.2) is 12.1 Å². The molecule has 1 heterocycles. The minimum Gasteiger partial charge on any atom is -0.469 e. The molecule has 6 nitrogen and oxygen atoms in total. The van der Waals surface area contributed by atoms with Crippen molar-refractivity contribution in [2.24, 2.45) is 5.92 Å². The number of hydrogen-bond donors (Lipinski definition) is 0. The summed E-state index contributed by atoms with van der Waals surface area (Å²) in [4.78, 5) is 23.5. The Balaban J connectivity index is 2.32. The van der Waals surface area contributed by atoms with Crippen LogP contribution in [-0.2, 0) is 9.53 Å². The lowest BCUT2D eigenvalue weighted by molar-refractivity contribution is -0.384. The van der Waals surface area contributed by atoms with Crippen molar-refractivity contribution in [3.05, 3.63) is 33.1 Å². The van der Waals surface area contributed by atoms with E-state index in [1.54, 1.807) is 4.90 Å².